The topological polar surface area (TPSA) is 0 Å². The summed E-state index contributed by atoms with van der Waals surface area (Å²) in [5, 5.41) is 0. The average Bonchev–Trinajstić information content (AvgIpc) is 2.37. The minimum absolute atomic E-state index is 0.173. The average molecular weight is 357 g/mol. The molecule has 0 nitrogen and oxygen atoms in total. The van der Waals surface area contributed by atoms with Crippen LogP contribution in [-0.2, 0) is 10.8 Å². The van der Waals surface area contributed by atoms with Crippen LogP contribution in [0.5, 0.6) is 0 Å². The Hall–Kier alpha value is -1.02. The summed E-state index contributed by atoms with van der Waals surface area (Å²) in [4.78, 5) is 0. The number of rotatable bonds is 1. The summed E-state index contributed by atoms with van der Waals surface area (Å²) in [6, 6.07) is 13.6. The molecule has 0 bridgehead atoms. The highest BCUT2D eigenvalue weighted by atomic mass is 79.9. The third-order valence-corrected chi connectivity index (χ3v) is 4.87. The van der Waals surface area contributed by atoms with Crippen molar-refractivity contribution in [1.82, 2.24) is 0 Å². The molecule has 0 aliphatic rings. The van der Waals surface area contributed by atoms with E-state index in [1.807, 2.05) is 0 Å². The maximum absolute atomic E-state index is 3.77. The minimum Gasteiger partial charge on any atom is -0.0809 e. The minimum atomic E-state index is 0.173. The molecule has 2 heteroatoms. The van der Waals surface area contributed by atoms with Gasteiger partial charge < -0.3 is 0 Å². The third kappa shape index (κ3) is 3.66. The molecule has 0 fully saturated rings. The highest BCUT2D eigenvalue weighted by molar-refractivity contribution is 9.10. The van der Waals surface area contributed by atoms with E-state index in [-0.39, 0.29) is 10.8 Å². The maximum Gasteiger partial charge on any atom is 0.140 e. The van der Waals surface area contributed by atoms with Crippen LogP contribution in [0.3, 0.4) is 0 Å². The second-order valence-corrected chi connectivity index (χ2v) is 9.08. The lowest BCUT2D eigenvalue weighted by Gasteiger charge is -2.22. The van der Waals surface area contributed by atoms with E-state index in [1.165, 1.54) is 32.2 Å². The van der Waals surface area contributed by atoms with Crippen LogP contribution in [-0.4, -0.2) is 7.85 Å². The van der Waals surface area contributed by atoms with Gasteiger partial charge in [-0.2, -0.15) is 0 Å². The Balaban J connectivity index is 2.49. The van der Waals surface area contributed by atoms with Gasteiger partial charge in [0.2, 0.25) is 0 Å². The Morgan fingerprint density at radius 2 is 1.18 bits per heavy atom. The van der Waals surface area contributed by atoms with Gasteiger partial charge >= 0.3 is 0 Å². The summed E-state index contributed by atoms with van der Waals surface area (Å²) in [5.74, 6) is 0. The van der Waals surface area contributed by atoms with Crippen molar-refractivity contribution in [2.24, 2.45) is 0 Å². The second kappa shape index (κ2) is 5.89. The molecule has 0 unspecified atom stereocenters. The number of hydrogen-bond donors (Lipinski definition) is 0. The predicted molar refractivity (Wildman–Crippen MR) is 105 cm³/mol. The first kappa shape index (κ1) is 17.3. The predicted octanol–water partition coefficient (Wildman–Crippen LogP) is 4.97. The molecule has 0 N–H and O–H groups in total. The summed E-state index contributed by atoms with van der Waals surface area (Å²) < 4.78 is 1.17. The van der Waals surface area contributed by atoms with Crippen LogP contribution in [0.25, 0.3) is 11.1 Å². The smallest absolute Gasteiger partial charge is 0.0809 e. The van der Waals surface area contributed by atoms with E-state index >= 15 is 0 Å². The van der Waals surface area contributed by atoms with Crippen LogP contribution in [0.2, 0.25) is 0 Å². The lowest BCUT2D eigenvalue weighted by Crippen LogP contribution is -2.17. The molecule has 22 heavy (non-hydrogen) atoms. The summed E-state index contributed by atoms with van der Waals surface area (Å²) in [7, 11) is 2.20. The van der Waals surface area contributed by atoms with Crippen LogP contribution in [0.4, 0.5) is 0 Å². The van der Waals surface area contributed by atoms with Crippen LogP contribution >= 0.6 is 15.9 Å². The Labute approximate surface area is 144 Å². The van der Waals surface area contributed by atoms with E-state index in [1.54, 1.807) is 0 Å². The van der Waals surface area contributed by atoms with E-state index in [4.69, 9.17) is 0 Å². The highest BCUT2D eigenvalue weighted by Gasteiger charge is 2.17. The Kier molecular flexibility index (Phi) is 4.64. The molecule has 2 rings (SSSR count). The molecule has 0 saturated carbocycles. The zero-order chi connectivity index (χ0) is 16.7. The van der Waals surface area contributed by atoms with Crippen LogP contribution in [0, 0.1) is 0 Å². The lowest BCUT2D eigenvalue weighted by atomic mass is 9.79. The van der Waals surface area contributed by atoms with Gasteiger partial charge in [-0.15, -0.1) is 0 Å². The van der Waals surface area contributed by atoms with Gasteiger partial charge in [0.25, 0.3) is 0 Å². The Morgan fingerprint density at radius 3 is 1.59 bits per heavy atom. The number of halogens is 1. The molecule has 0 saturated heterocycles. The molecular formula is C20H26BBr. The first-order valence-electron chi connectivity index (χ1n) is 7.92. The standard InChI is InChI=1S/C20H26BBr/c1-19(2,3)13-7-9-15(17(21)11-13)16-10-8-14(12-18(16)22)20(4,5)6/h7-12H,21H2,1-6H3. The Morgan fingerprint density at radius 1 is 0.727 bits per heavy atom. The van der Waals surface area contributed by atoms with Crippen molar-refractivity contribution < 1.29 is 0 Å². The van der Waals surface area contributed by atoms with Crippen LogP contribution in [0.1, 0.15) is 52.7 Å². The summed E-state index contributed by atoms with van der Waals surface area (Å²) in [6.07, 6.45) is 0. The van der Waals surface area contributed by atoms with Gasteiger partial charge in [0.15, 0.2) is 0 Å². The molecule has 0 radical (unpaired) electrons. The fraction of sp³-hybridized carbons (Fsp3) is 0.400. The fourth-order valence-corrected chi connectivity index (χ4v) is 3.22. The van der Waals surface area contributed by atoms with Crippen molar-refractivity contribution in [2.75, 3.05) is 0 Å². The van der Waals surface area contributed by atoms with E-state index in [9.17, 15) is 0 Å². The highest BCUT2D eigenvalue weighted by Crippen LogP contribution is 2.33. The summed E-state index contributed by atoms with van der Waals surface area (Å²) in [6.45, 7) is 13.5. The molecule has 0 aliphatic heterocycles. The molecule has 0 aromatic heterocycles. The van der Waals surface area contributed by atoms with E-state index in [0.29, 0.717) is 0 Å². The van der Waals surface area contributed by atoms with Gasteiger partial charge in [0.05, 0.1) is 0 Å². The number of benzene rings is 2. The third-order valence-electron chi connectivity index (χ3n) is 4.22. The number of hydrogen-bond acceptors (Lipinski definition) is 0. The van der Waals surface area contributed by atoms with Gasteiger partial charge in [0, 0.05) is 4.47 Å². The van der Waals surface area contributed by atoms with Crippen molar-refractivity contribution in [3.63, 3.8) is 0 Å². The van der Waals surface area contributed by atoms with Gasteiger partial charge in [-0.05, 0) is 39.2 Å². The normalized spacial score (nSPS) is 12.5. The van der Waals surface area contributed by atoms with Crippen LogP contribution < -0.4 is 5.46 Å². The quantitative estimate of drug-likeness (QED) is 0.633. The molecule has 0 amide bonds. The van der Waals surface area contributed by atoms with Crippen LogP contribution in [0.15, 0.2) is 40.9 Å². The van der Waals surface area contributed by atoms with Crippen molar-refractivity contribution in [2.45, 2.75) is 52.4 Å². The largest absolute Gasteiger partial charge is 0.140 e. The molecule has 0 spiro atoms. The molecule has 2 aromatic carbocycles. The SMILES string of the molecule is Bc1cc(C(C)(C)C)ccc1-c1ccc(C(C)(C)C)cc1Br. The monoisotopic (exact) mass is 356 g/mol. The van der Waals surface area contributed by atoms with Gasteiger partial charge in [-0.1, -0.05) is 93.3 Å². The second-order valence-electron chi connectivity index (χ2n) is 8.22. The van der Waals surface area contributed by atoms with Gasteiger partial charge in [-0.25, -0.2) is 0 Å². The van der Waals surface area contributed by atoms with E-state index in [2.05, 4.69) is 102 Å². The fourth-order valence-electron chi connectivity index (χ4n) is 2.63. The van der Waals surface area contributed by atoms with Gasteiger partial charge in [-0.3, -0.25) is 0 Å². The molecule has 116 valence electrons. The molecular weight excluding hydrogens is 331 g/mol. The van der Waals surface area contributed by atoms with Crippen molar-refractivity contribution in [3.8, 4) is 11.1 Å². The first-order chi connectivity index (χ1) is 10.00. The van der Waals surface area contributed by atoms with E-state index in [0.717, 1.165) is 0 Å². The zero-order valence-corrected chi connectivity index (χ0v) is 16.4. The molecule has 0 atom stereocenters. The molecule has 0 aliphatic carbocycles. The van der Waals surface area contributed by atoms with Crippen molar-refractivity contribution >= 4 is 29.2 Å². The molecule has 2 aromatic rings. The maximum atomic E-state index is 3.77. The Bertz CT molecular complexity index is 626. The summed E-state index contributed by atoms with van der Waals surface area (Å²) >= 11 is 3.77. The summed E-state index contributed by atoms with van der Waals surface area (Å²) in [5.41, 5.74) is 7.01. The zero-order valence-electron chi connectivity index (χ0n) is 14.8. The lowest BCUT2D eigenvalue weighted by molar-refractivity contribution is 0.589. The van der Waals surface area contributed by atoms with E-state index < -0.39 is 0 Å². The van der Waals surface area contributed by atoms with Crippen molar-refractivity contribution in [1.29, 1.82) is 0 Å². The van der Waals surface area contributed by atoms with Gasteiger partial charge in [0.1, 0.15) is 7.85 Å². The first-order valence-corrected chi connectivity index (χ1v) is 8.71. The molecule has 0 heterocycles. The van der Waals surface area contributed by atoms with Crippen molar-refractivity contribution in [3.05, 3.63) is 52.0 Å².